The fourth-order valence-electron chi connectivity index (χ4n) is 1.61. The van der Waals surface area contributed by atoms with E-state index < -0.39 is 9.84 Å². The minimum Gasteiger partial charge on any atom is -0.492 e. The highest BCUT2D eigenvalue weighted by molar-refractivity contribution is 7.91. The molecule has 0 spiro atoms. The van der Waals surface area contributed by atoms with Gasteiger partial charge in [0.05, 0.1) is 11.5 Å². The summed E-state index contributed by atoms with van der Waals surface area (Å²) in [6, 6.07) is 5.19. The zero-order valence-corrected chi connectivity index (χ0v) is 12.1. The van der Waals surface area contributed by atoms with Gasteiger partial charge in [-0.15, -0.1) is 0 Å². The Morgan fingerprint density at radius 3 is 2.63 bits per heavy atom. The molecular formula is C13H20N2O3S. The monoisotopic (exact) mass is 284 g/mol. The molecule has 0 fully saturated rings. The highest BCUT2D eigenvalue weighted by atomic mass is 32.2. The molecule has 5 nitrogen and oxygen atoms in total. The van der Waals surface area contributed by atoms with E-state index in [1.807, 2.05) is 13.8 Å². The van der Waals surface area contributed by atoms with Gasteiger partial charge < -0.3 is 10.5 Å². The van der Waals surface area contributed by atoms with Crippen LogP contribution < -0.4 is 10.5 Å². The summed E-state index contributed by atoms with van der Waals surface area (Å²) in [6.07, 6.45) is 0.612. The fraction of sp³-hybridized carbons (Fsp3) is 0.462. The Labute approximate surface area is 114 Å². The molecule has 0 saturated heterocycles. The van der Waals surface area contributed by atoms with Crippen LogP contribution in [0, 0.1) is 12.3 Å². The van der Waals surface area contributed by atoms with Crippen molar-refractivity contribution in [3.63, 3.8) is 0 Å². The van der Waals surface area contributed by atoms with Gasteiger partial charge in [-0.05, 0) is 25.0 Å². The van der Waals surface area contributed by atoms with E-state index in [4.69, 9.17) is 15.9 Å². The first-order valence-electron chi connectivity index (χ1n) is 6.14. The number of ether oxygens (including phenoxy) is 1. The second-order valence-electron chi connectivity index (χ2n) is 4.39. The summed E-state index contributed by atoms with van der Waals surface area (Å²) >= 11 is 0. The summed E-state index contributed by atoms with van der Waals surface area (Å²) in [4.78, 5) is 0. The van der Waals surface area contributed by atoms with Crippen molar-refractivity contribution in [1.29, 1.82) is 5.41 Å². The molecule has 0 radical (unpaired) electrons. The molecule has 106 valence electrons. The molecule has 0 aromatic heterocycles. The summed E-state index contributed by atoms with van der Waals surface area (Å²) in [5.74, 6) is 0.718. The number of nitrogens with two attached hydrogens (primary N) is 1. The number of rotatable bonds is 7. The third-order valence-corrected chi connectivity index (χ3v) is 4.49. The van der Waals surface area contributed by atoms with Crippen LogP contribution in [0.25, 0.3) is 0 Å². The minimum absolute atomic E-state index is 0.00454. The number of benzene rings is 1. The van der Waals surface area contributed by atoms with E-state index in [1.54, 1.807) is 18.2 Å². The van der Waals surface area contributed by atoms with Crippen LogP contribution >= 0.6 is 0 Å². The van der Waals surface area contributed by atoms with Crippen LogP contribution in [-0.2, 0) is 9.84 Å². The molecule has 0 unspecified atom stereocenters. The average Bonchev–Trinajstić information content (AvgIpc) is 2.30. The van der Waals surface area contributed by atoms with Gasteiger partial charge in [-0.1, -0.05) is 19.1 Å². The van der Waals surface area contributed by atoms with E-state index in [1.165, 1.54) is 0 Å². The van der Waals surface area contributed by atoms with Crippen LogP contribution in [-0.4, -0.2) is 32.4 Å². The highest BCUT2D eigenvalue weighted by Gasteiger charge is 2.10. The summed E-state index contributed by atoms with van der Waals surface area (Å²) in [7, 11) is -3.03. The molecule has 0 aliphatic heterocycles. The molecule has 0 aliphatic carbocycles. The number of hydrogen-bond donors (Lipinski definition) is 2. The maximum atomic E-state index is 11.5. The van der Waals surface area contributed by atoms with Crippen LogP contribution in [0.15, 0.2) is 18.2 Å². The van der Waals surface area contributed by atoms with Gasteiger partial charge in [0.1, 0.15) is 18.2 Å². The Bertz CT molecular complexity index is 553. The van der Waals surface area contributed by atoms with E-state index >= 15 is 0 Å². The first-order chi connectivity index (χ1) is 8.85. The van der Waals surface area contributed by atoms with Crippen LogP contribution in [0.1, 0.15) is 24.5 Å². The Morgan fingerprint density at radius 1 is 1.37 bits per heavy atom. The Morgan fingerprint density at radius 2 is 2.05 bits per heavy atom. The summed E-state index contributed by atoms with van der Waals surface area (Å²) < 4.78 is 28.6. The predicted octanol–water partition coefficient (Wildman–Crippen LogP) is 1.48. The molecule has 0 heterocycles. The van der Waals surface area contributed by atoms with Crippen molar-refractivity contribution in [2.24, 2.45) is 5.73 Å². The molecule has 1 rings (SSSR count). The summed E-state index contributed by atoms with van der Waals surface area (Å²) in [5, 5.41) is 7.36. The molecule has 0 atom stereocenters. The molecule has 3 N–H and O–H groups in total. The van der Waals surface area contributed by atoms with Crippen molar-refractivity contribution < 1.29 is 13.2 Å². The van der Waals surface area contributed by atoms with Crippen LogP contribution in [0.2, 0.25) is 0 Å². The normalized spacial score (nSPS) is 11.3. The van der Waals surface area contributed by atoms with Gasteiger partial charge in [0, 0.05) is 5.56 Å². The summed E-state index contributed by atoms with van der Waals surface area (Å²) in [5.41, 5.74) is 6.86. The van der Waals surface area contributed by atoms with E-state index in [2.05, 4.69) is 0 Å². The molecule has 1 aromatic carbocycles. The van der Waals surface area contributed by atoms with Crippen molar-refractivity contribution in [3.05, 3.63) is 29.3 Å². The molecule has 0 aliphatic rings. The van der Waals surface area contributed by atoms with E-state index in [9.17, 15) is 8.42 Å². The fourth-order valence-corrected chi connectivity index (χ4v) is 2.78. The maximum Gasteiger partial charge on any atom is 0.153 e. The smallest absolute Gasteiger partial charge is 0.153 e. The number of aryl methyl sites for hydroxylation is 1. The number of nitrogens with one attached hydrogen (secondary N) is 1. The Balaban J connectivity index is 2.68. The van der Waals surface area contributed by atoms with Crippen LogP contribution in [0.3, 0.4) is 0 Å². The number of sulfone groups is 1. The minimum atomic E-state index is -3.03. The third-order valence-electron chi connectivity index (χ3n) is 2.67. The standard InChI is InChI=1S/C13H20N2O3S/c1-3-7-19(16,17)8-6-18-12-9-11(13(14)15)5-4-10(12)2/h4-5,9H,3,6-8H2,1-2H3,(H3,14,15). The highest BCUT2D eigenvalue weighted by Crippen LogP contribution is 2.19. The van der Waals surface area contributed by atoms with Crippen molar-refractivity contribution in [2.45, 2.75) is 20.3 Å². The van der Waals surface area contributed by atoms with E-state index in [-0.39, 0.29) is 23.9 Å². The molecule has 6 heteroatoms. The molecule has 0 saturated carbocycles. The average molecular weight is 284 g/mol. The van der Waals surface area contributed by atoms with Crippen molar-refractivity contribution in [1.82, 2.24) is 0 Å². The van der Waals surface area contributed by atoms with Crippen LogP contribution in [0.5, 0.6) is 5.75 Å². The molecule has 0 amide bonds. The lowest BCUT2D eigenvalue weighted by Crippen LogP contribution is -2.17. The lowest BCUT2D eigenvalue weighted by Gasteiger charge is -2.10. The van der Waals surface area contributed by atoms with Gasteiger partial charge in [-0.25, -0.2) is 8.42 Å². The lowest BCUT2D eigenvalue weighted by molar-refractivity contribution is 0.338. The van der Waals surface area contributed by atoms with E-state index in [0.29, 0.717) is 17.7 Å². The first kappa shape index (κ1) is 15.5. The van der Waals surface area contributed by atoms with Gasteiger partial charge >= 0.3 is 0 Å². The van der Waals surface area contributed by atoms with Gasteiger partial charge in [0.2, 0.25) is 0 Å². The van der Waals surface area contributed by atoms with Crippen molar-refractivity contribution in [3.8, 4) is 5.75 Å². The first-order valence-corrected chi connectivity index (χ1v) is 7.96. The predicted molar refractivity (Wildman–Crippen MR) is 76.6 cm³/mol. The van der Waals surface area contributed by atoms with Gasteiger partial charge in [-0.2, -0.15) is 0 Å². The largest absolute Gasteiger partial charge is 0.492 e. The van der Waals surface area contributed by atoms with Crippen LogP contribution in [0.4, 0.5) is 0 Å². The third kappa shape index (κ3) is 4.90. The van der Waals surface area contributed by atoms with Crippen molar-refractivity contribution in [2.75, 3.05) is 18.1 Å². The van der Waals surface area contributed by atoms with Crippen molar-refractivity contribution >= 4 is 15.7 Å². The van der Waals surface area contributed by atoms with Gasteiger partial charge in [-0.3, -0.25) is 5.41 Å². The molecule has 1 aromatic rings. The van der Waals surface area contributed by atoms with Gasteiger partial charge in [0.25, 0.3) is 0 Å². The Kier molecular flexibility index (Phi) is 5.35. The molecule has 0 bridgehead atoms. The Hall–Kier alpha value is -1.56. The van der Waals surface area contributed by atoms with E-state index in [0.717, 1.165) is 5.56 Å². The quantitative estimate of drug-likeness (QED) is 0.586. The molecular weight excluding hydrogens is 264 g/mol. The topological polar surface area (TPSA) is 93.2 Å². The molecule has 19 heavy (non-hydrogen) atoms. The number of amidine groups is 1. The number of nitrogen functional groups attached to an aromatic ring is 1. The van der Waals surface area contributed by atoms with Gasteiger partial charge in [0.15, 0.2) is 9.84 Å². The zero-order chi connectivity index (χ0) is 14.5. The maximum absolute atomic E-state index is 11.5. The summed E-state index contributed by atoms with van der Waals surface area (Å²) in [6.45, 7) is 3.81. The number of hydrogen-bond acceptors (Lipinski definition) is 4. The zero-order valence-electron chi connectivity index (χ0n) is 11.3. The second-order valence-corrected chi connectivity index (χ2v) is 6.70. The lowest BCUT2D eigenvalue weighted by atomic mass is 10.1. The second kappa shape index (κ2) is 6.56. The SMILES string of the molecule is CCCS(=O)(=O)CCOc1cc(C(=N)N)ccc1C.